The van der Waals surface area contributed by atoms with Crippen LogP contribution in [0.4, 0.5) is 0 Å². The Balaban J connectivity index is 2.18. The Hall–Kier alpha value is -1.87. The van der Waals surface area contributed by atoms with E-state index in [1.165, 1.54) is 21.7 Å². The van der Waals surface area contributed by atoms with Gasteiger partial charge in [0, 0.05) is 18.2 Å². The third-order valence-electron chi connectivity index (χ3n) is 3.09. The molecule has 0 radical (unpaired) electrons. The van der Waals surface area contributed by atoms with Gasteiger partial charge in [0.05, 0.1) is 10.6 Å². The van der Waals surface area contributed by atoms with E-state index in [4.69, 9.17) is 0 Å². The van der Waals surface area contributed by atoms with E-state index in [-0.39, 0.29) is 0 Å². The third kappa shape index (κ3) is 1.77. The van der Waals surface area contributed by atoms with Gasteiger partial charge in [0.1, 0.15) is 5.69 Å². The van der Waals surface area contributed by atoms with Crippen LogP contribution in [0.15, 0.2) is 47.8 Å². The fraction of sp³-hybridized carbons (Fsp3) is 0.133. The number of thiophene rings is 1. The first kappa shape index (κ1) is 11.2. The molecule has 0 aliphatic heterocycles. The molecule has 0 atom stereocenters. The molecule has 1 aromatic carbocycles. The number of hydrogen-bond donors (Lipinski definition) is 0. The molecule has 0 aliphatic carbocycles. The molecule has 3 rings (SSSR count). The third-order valence-corrected chi connectivity index (χ3v) is 3.96. The van der Waals surface area contributed by atoms with Gasteiger partial charge >= 0.3 is 0 Å². The zero-order valence-electron chi connectivity index (χ0n) is 10.4. The highest BCUT2D eigenvalue weighted by Gasteiger charge is 2.15. The molecule has 0 saturated heterocycles. The van der Waals surface area contributed by atoms with Crippen LogP contribution in [0.2, 0.25) is 0 Å². The minimum Gasteiger partial charge on any atom is -0.267 e. The number of rotatable bonds is 2. The lowest BCUT2D eigenvalue weighted by atomic mass is 10.1. The molecule has 0 aliphatic rings. The Kier molecular flexibility index (Phi) is 2.76. The van der Waals surface area contributed by atoms with Crippen molar-refractivity contribution in [2.45, 2.75) is 6.92 Å². The fourth-order valence-electron chi connectivity index (χ4n) is 2.28. The first-order valence-corrected chi connectivity index (χ1v) is 6.78. The lowest BCUT2D eigenvalue weighted by Crippen LogP contribution is -1.93. The molecule has 2 nitrogen and oxygen atoms in total. The monoisotopic (exact) mass is 254 g/mol. The van der Waals surface area contributed by atoms with Gasteiger partial charge in [0.15, 0.2) is 0 Å². The maximum Gasteiger partial charge on any atom is 0.106 e. The van der Waals surface area contributed by atoms with E-state index in [2.05, 4.69) is 53.8 Å². The maximum absolute atomic E-state index is 4.66. The van der Waals surface area contributed by atoms with Crippen molar-refractivity contribution < 1.29 is 0 Å². The summed E-state index contributed by atoms with van der Waals surface area (Å²) in [6.07, 6.45) is 0. The van der Waals surface area contributed by atoms with Gasteiger partial charge < -0.3 is 0 Å². The van der Waals surface area contributed by atoms with Crippen molar-refractivity contribution in [3.63, 3.8) is 0 Å². The van der Waals surface area contributed by atoms with Gasteiger partial charge in [-0.3, -0.25) is 4.68 Å². The molecule has 18 heavy (non-hydrogen) atoms. The highest BCUT2D eigenvalue weighted by atomic mass is 32.1. The number of nitrogens with zero attached hydrogens (tertiary/aromatic N) is 2. The van der Waals surface area contributed by atoms with Crippen LogP contribution in [0.3, 0.4) is 0 Å². The van der Waals surface area contributed by atoms with Crippen LogP contribution in [0.5, 0.6) is 0 Å². The van der Waals surface area contributed by atoms with Gasteiger partial charge in [-0.15, -0.1) is 11.3 Å². The van der Waals surface area contributed by atoms with E-state index >= 15 is 0 Å². The Morgan fingerprint density at radius 1 is 1.06 bits per heavy atom. The summed E-state index contributed by atoms with van der Waals surface area (Å²) in [5.74, 6) is 0. The Labute approximate surface area is 111 Å². The SMILES string of the molecule is Cc1c(-c2cccs2)nn(C)c1-c1ccccc1. The average Bonchev–Trinajstić information content (AvgIpc) is 2.99. The normalized spacial score (nSPS) is 10.8. The van der Waals surface area contributed by atoms with Crippen LogP contribution < -0.4 is 0 Å². The van der Waals surface area contributed by atoms with Gasteiger partial charge in [-0.1, -0.05) is 36.4 Å². The van der Waals surface area contributed by atoms with Gasteiger partial charge in [-0.05, 0) is 18.4 Å². The average molecular weight is 254 g/mol. The summed E-state index contributed by atoms with van der Waals surface area (Å²) in [5, 5.41) is 6.75. The number of benzene rings is 1. The molecule has 3 heteroatoms. The van der Waals surface area contributed by atoms with Crippen LogP contribution in [-0.4, -0.2) is 9.78 Å². The molecule has 2 aromatic heterocycles. The van der Waals surface area contributed by atoms with E-state index < -0.39 is 0 Å². The van der Waals surface area contributed by atoms with Crippen LogP contribution in [0, 0.1) is 6.92 Å². The van der Waals surface area contributed by atoms with Gasteiger partial charge in [0.2, 0.25) is 0 Å². The maximum atomic E-state index is 4.66. The molecular formula is C15H14N2S. The molecule has 0 N–H and O–H groups in total. The summed E-state index contributed by atoms with van der Waals surface area (Å²) in [6.45, 7) is 2.14. The quantitative estimate of drug-likeness (QED) is 0.672. The van der Waals surface area contributed by atoms with E-state index in [1.807, 2.05) is 17.8 Å². The molecule has 0 amide bonds. The van der Waals surface area contributed by atoms with E-state index in [1.54, 1.807) is 11.3 Å². The van der Waals surface area contributed by atoms with E-state index in [0.717, 1.165) is 5.69 Å². The molecule has 90 valence electrons. The Morgan fingerprint density at radius 3 is 2.50 bits per heavy atom. The smallest absolute Gasteiger partial charge is 0.106 e. The highest BCUT2D eigenvalue weighted by Crippen LogP contribution is 2.32. The summed E-state index contributed by atoms with van der Waals surface area (Å²) in [7, 11) is 2.01. The summed E-state index contributed by atoms with van der Waals surface area (Å²) in [6, 6.07) is 14.6. The van der Waals surface area contributed by atoms with Crippen molar-refractivity contribution in [3.05, 3.63) is 53.4 Å². The minimum atomic E-state index is 1.09. The Bertz CT molecular complexity index is 651. The lowest BCUT2D eigenvalue weighted by molar-refractivity contribution is 0.779. The lowest BCUT2D eigenvalue weighted by Gasteiger charge is -2.03. The number of aryl methyl sites for hydroxylation is 1. The molecule has 0 fully saturated rings. The van der Waals surface area contributed by atoms with Crippen LogP contribution >= 0.6 is 11.3 Å². The molecule has 3 aromatic rings. The largest absolute Gasteiger partial charge is 0.267 e. The standard InChI is InChI=1S/C15H14N2S/c1-11-14(13-9-6-10-18-13)16-17(2)15(11)12-7-4-3-5-8-12/h3-10H,1-2H3. The van der Waals surface area contributed by atoms with Crippen molar-refractivity contribution in [1.82, 2.24) is 9.78 Å². The predicted octanol–water partition coefficient (Wildman–Crippen LogP) is 4.12. The van der Waals surface area contributed by atoms with E-state index in [9.17, 15) is 0 Å². The first-order chi connectivity index (χ1) is 8.77. The molecule has 0 spiro atoms. The molecule has 0 bridgehead atoms. The highest BCUT2D eigenvalue weighted by molar-refractivity contribution is 7.13. The van der Waals surface area contributed by atoms with Crippen LogP contribution in [0.25, 0.3) is 21.8 Å². The van der Waals surface area contributed by atoms with Crippen LogP contribution in [0.1, 0.15) is 5.56 Å². The van der Waals surface area contributed by atoms with E-state index in [0.29, 0.717) is 0 Å². The fourth-order valence-corrected chi connectivity index (χ4v) is 3.04. The molecular weight excluding hydrogens is 240 g/mol. The molecule has 2 heterocycles. The first-order valence-electron chi connectivity index (χ1n) is 5.90. The summed E-state index contributed by atoms with van der Waals surface area (Å²) in [4.78, 5) is 1.23. The zero-order chi connectivity index (χ0) is 12.5. The van der Waals surface area contributed by atoms with Crippen molar-refractivity contribution in [3.8, 4) is 21.8 Å². The zero-order valence-corrected chi connectivity index (χ0v) is 11.2. The van der Waals surface area contributed by atoms with Crippen molar-refractivity contribution in [2.75, 3.05) is 0 Å². The minimum absolute atomic E-state index is 1.09. The topological polar surface area (TPSA) is 17.8 Å². The second-order valence-electron chi connectivity index (χ2n) is 4.29. The number of aromatic nitrogens is 2. The summed E-state index contributed by atoms with van der Waals surface area (Å²) in [5.41, 5.74) is 4.74. The summed E-state index contributed by atoms with van der Waals surface area (Å²) < 4.78 is 1.97. The van der Waals surface area contributed by atoms with Gasteiger partial charge in [-0.25, -0.2) is 0 Å². The van der Waals surface area contributed by atoms with Crippen molar-refractivity contribution in [2.24, 2.45) is 7.05 Å². The molecule has 0 saturated carbocycles. The summed E-state index contributed by atoms with van der Waals surface area (Å²) >= 11 is 1.73. The van der Waals surface area contributed by atoms with Gasteiger partial charge in [0.25, 0.3) is 0 Å². The Morgan fingerprint density at radius 2 is 1.83 bits per heavy atom. The van der Waals surface area contributed by atoms with Crippen molar-refractivity contribution >= 4 is 11.3 Å². The number of hydrogen-bond acceptors (Lipinski definition) is 2. The van der Waals surface area contributed by atoms with Crippen LogP contribution in [-0.2, 0) is 7.05 Å². The molecule has 0 unspecified atom stereocenters. The van der Waals surface area contributed by atoms with Crippen molar-refractivity contribution in [1.29, 1.82) is 0 Å². The second-order valence-corrected chi connectivity index (χ2v) is 5.24. The van der Waals surface area contributed by atoms with Gasteiger partial charge in [-0.2, -0.15) is 5.10 Å². The predicted molar refractivity (Wildman–Crippen MR) is 76.7 cm³/mol. The second kappa shape index (κ2) is 4.42.